The Morgan fingerprint density at radius 3 is 0.627 bits per heavy atom. The van der Waals surface area contributed by atoms with Gasteiger partial charge in [0.25, 0.3) is 0 Å². The summed E-state index contributed by atoms with van der Waals surface area (Å²) in [6, 6.07) is 0. The molecule has 1 unspecified atom stereocenters. The predicted octanol–water partition coefficient (Wildman–Crippen LogP) is 22.8. The zero-order valence-corrected chi connectivity index (χ0v) is 51.3. The van der Waals surface area contributed by atoms with Crippen LogP contribution >= 0.6 is 0 Å². The van der Waals surface area contributed by atoms with E-state index in [0.29, 0.717) is 0 Å². The van der Waals surface area contributed by atoms with Crippen LogP contribution in [0.3, 0.4) is 0 Å². The molecule has 0 aromatic carbocycles. The number of hydrogen-bond acceptors (Lipinski definition) is 6. The minimum atomic E-state index is -1.24. The van der Waals surface area contributed by atoms with Gasteiger partial charge in [0.05, 0.1) is 6.61 Å². The zero-order valence-electron chi connectivity index (χ0n) is 51.3. The van der Waals surface area contributed by atoms with Crippen molar-refractivity contribution in [2.75, 3.05) is 6.61 Å². The van der Waals surface area contributed by atoms with Gasteiger partial charge < -0.3 is 14.6 Å². The van der Waals surface area contributed by atoms with Crippen LogP contribution in [0.25, 0.3) is 0 Å². The second-order valence-corrected chi connectivity index (χ2v) is 23.9. The van der Waals surface area contributed by atoms with Crippen molar-refractivity contribution in [1.29, 1.82) is 0 Å². The van der Waals surface area contributed by atoms with Gasteiger partial charge in [-0.1, -0.05) is 367 Å². The topological polar surface area (TPSA) is 89.9 Å². The van der Waals surface area contributed by atoms with Crippen molar-refractivity contribution >= 4 is 17.7 Å². The lowest BCUT2D eigenvalue weighted by atomic mass is 10.0. The molecule has 0 rings (SSSR count). The molecule has 0 saturated heterocycles. The maximum absolute atomic E-state index is 13.7. The summed E-state index contributed by atoms with van der Waals surface area (Å²) in [4.78, 5) is 39.8. The number of aliphatic hydroxyl groups is 1. The fourth-order valence-corrected chi connectivity index (χ4v) is 11.2. The summed E-state index contributed by atoms with van der Waals surface area (Å²) < 4.78 is 11.5. The van der Waals surface area contributed by atoms with Gasteiger partial charge in [-0.15, -0.1) is 0 Å². The molecule has 0 aromatic rings. The molecule has 0 aliphatic heterocycles. The number of ether oxygens (including phenoxy) is 2. The van der Waals surface area contributed by atoms with Crippen molar-refractivity contribution in [1.82, 2.24) is 0 Å². The Balaban J connectivity index is 4.49. The number of rotatable bonds is 65. The first-order chi connectivity index (χ1) is 37.0. The minimum absolute atomic E-state index is 0.237. The highest BCUT2D eigenvalue weighted by molar-refractivity contribution is 5.86. The second-order valence-electron chi connectivity index (χ2n) is 23.9. The largest absolute Gasteiger partial charge is 0.455 e. The highest BCUT2D eigenvalue weighted by Crippen LogP contribution is 2.21. The van der Waals surface area contributed by atoms with E-state index in [1.807, 2.05) is 0 Å². The highest BCUT2D eigenvalue weighted by atomic mass is 16.6. The van der Waals surface area contributed by atoms with Crippen LogP contribution in [-0.4, -0.2) is 41.6 Å². The molecule has 446 valence electrons. The van der Waals surface area contributed by atoms with E-state index in [1.54, 1.807) is 0 Å². The maximum atomic E-state index is 13.7. The van der Waals surface area contributed by atoms with Crippen LogP contribution in [0, 0.1) is 0 Å². The third-order valence-corrected chi connectivity index (χ3v) is 16.4. The van der Waals surface area contributed by atoms with Crippen molar-refractivity contribution in [3.05, 3.63) is 0 Å². The Hall–Kier alpha value is -1.43. The zero-order chi connectivity index (χ0) is 54.4. The number of ketones is 1. The number of hydrogen-bond donors (Lipinski definition) is 1. The molecule has 0 aliphatic carbocycles. The Labute approximate surface area is 469 Å². The molecule has 0 heterocycles. The maximum Gasteiger partial charge on any atom is 0.306 e. The lowest BCUT2D eigenvalue weighted by Crippen LogP contribution is -2.43. The van der Waals surface area contributed by atoms with Gasteiger partial charge in [-0.25, -0.2) is 0 Å². The Kier molecular flexibility index (Phi) is 62.2. The molecule has 6 nitrogen and oxygen atoms in total. The summed E-state index contributed by atoms with van der Waals surface area (Å²) in [6.45, 7) is 6.32. The summed E-state index contributed by atoms with van der Waals surface area (Å²) in [7, 11) is 0. The normalized spacial score (nSPS) is 12.4. The molecule has 0 aromatic heterocycles. The lowest BCUT2D eigenvalue weighted by Gasteiger charge is -2.25. The first kappa shape index (κ1) is 73.6. The van der Waals surface area contributed by atoms with E-state index < -0.39 is 30.8 Å². The van der Waals surface area contributed by atoms with Crippen LogP contribution in [0.15, 0.2) is 0 Å². The molecule has 1 N–H and O–H groups in total. The Morgan fingerprint density at radius 1 is 0.253 bits per heavy atom. The van der Waals surface area contributed by atoms with E-state index >= 15 is 0 Å². The molecule has 0 amide bonds. The fraction of sp³-hybridized carbons (Fsp3) is 0.957. The standard InChI is InChI=1S/C69H134O6/c1-4-7-10-13-16-19-22-25-28-31-34-37-40-43-46-49-52-55-58-61-65(71)69(75-68(73)63-60-57-54-51-48-45-42-39-36-33-30-27-24-21-18-15-12-9-6-3)66(64-70)74-67(72)62-59-56-53-50-47-44-41-38-35-32-29-26-23-20-17-14-11-8-5-2/h66,69-70H,4-64H2,1-3H3/t66-,69?/m0/s1. The summed E-state index contributed by atoms with van der Waals surface area (Å²) in [5.41, 5.74) is 0. The van der Waals surface area contributed by atoms with E-state index in [1.165, 1.54) is 308 Å². The first-order valence-electron chi connectivity index (χ1n) is 34.5. The van der Waals surface area contributed by atoms with Gasteiger partial charge in [-0.2, -0.15) is 0 Å². The molecule has 0 bridgehead atoms. The van der Waals surface area contributed by atoms with E-state index in [9.17, 15) is 19.5 Å². The molecular formula is C69H134O6. The van der Waals surface area contributed by atoms with Gasteiger partial charge in [-0.05, 0) is 19.3 Å². The fourth-order valence-electron chi connectivity index (χ4n) is 11.2. The predicted molar refractivity (Wildman–Crippen MR) is 326 cm³/mol. The monoisotopic (exact) mass is 1060 g/mol. The number of esters is 2. The van der Waals surface area contributed by atoms with E-state index in [0.717, 1.165) is 57.8 Å². The third kappa shape index (κ3) is 57.1. The van der Waals surface area contributed by atoms with Gasteiger partial charge in [0.15, 0.2) is 18.0 Å². The van der Waals surface area contributed by atoms with Gasteiger partial charge in [-0.3, -0.25) is 14.4 Å². The molecule has 75 heavy (non-hydrogen) atoms. The number of carbonyl (C=O) groups is 3. The van der Waals surface area contributed by atoms with Crippen LogP contribution < -0.4 is 0 Å². The van der Waals surface area contributed by atoms with Crippen LogP contribution in [0.5, 0.6) is 0 Å². The van der Waals surface area contributed by atoms with Gasteiger partial charge in [0.2, 0.25) is 0 Å². The van der Waals surface area contributed by atoms with Crippen LogP contribution in [0.2, 0.25) is 0 Å². The smallest absolute Gasteiger partial charge is 0.306 e. The van der Waals surface area contributed by atoms with Crippen molar-refractivity contribution in [2.45, 2.75) is 418 Å². The quantitative estimate of drug-likeness (QED) is 0.0482. The average Bonchev–Trinajstić information content (AvgIpc) is 3.41. The minimum Gasteiger partial charge on any atom is -0.455 e. The second kappa shape index (κ2) is 63.4. The van der Waals surface area contributed by atoms with Gasteiger partial charge in [0.1, 0.15) is 0 Å². The van der Waals surface area contributed by atoms with Crippen molar-refractivity contribution < 1.29 is 29.0 Å². The summed E-state index contributed by atoms with van der Waals surface area (Å²) in [6.07, 6.45) is 72.2. The number of unbranched alkanes of at least 4 members (excludes halogenated alkanes) is 54. The molecule has 2 atom stereocenters. The summed E-state index contributed by atoms with van der Waals surface area (Å²) in [5.74, 6) is -1.09. The molecule has 0 radical (unpaired) electrons. The average molecular weight is 1060 g/mol. The lowest BCUT2D eigenvalue weighted by molar-refractivity contribution is -0.175. The molecule has 0 fully saturated rings. The van der Waals surface area contributed by atoms with E-state index in [-0.39, 0.29) is 25.0 Å². The van der Waals surface area contributed by atoms with Crippen LogP contribution in [0.4, 0.5) is 0 Å². The number of Topliss-reactive ketones (excluding diaryl/α,β-unsaturated/α-hetero) is 1. The van der Waals surface area contributed by atoms with Crippen LogP contribution in [-0.2, 0) is 23.9 Å². The van der Waals surface area contributed by atoms with Crippen molar-refractivity contribution in [3.63, 3.8) is 0 Å². The Bertz CT molecular complexity index is 1140. The van der Waals surface area contributed by atoms with Crippen molar-refractivity contribution in [3.8, 4) is 0 Å². The van der Waals surface area contributed by atoms with Crippen LogP contribution in [0.1, 0.15) is 406 Å². The first-order valence-corrected chi connectivity index (χ1v) is 34.5. The van der Waals surface area contributed by atoms with E-state index in [4.69, 9.17) is 9.47 Å². The molecule has 6 heteroatoms. The van der Waals surface area contributed by atoms with Gasteiger partial charge >= 0.3 is 11.9 Å². The highest BCUT2D eigenvalue weighted by Gasteiger charge is 2.34. The van der Waals surface area contributed by atoms with E-state index in [2.05, 4.69) is 20.8 Å². The van der Waals surface area contributed by atoms with Crippen molar-refractivity contribution in [2.24, 2.45) is 0 Å². The summed E-state index contributed by atoms with van der Waals surface area (Å²) >= 11 is 0. The molecule has 0 aliphatic rings. The molecular weight excluding hydrogens is 925 g/mol. The molecule has 0 spiro atoms. The number of aliphatic hydroxyl groups excluding tert-OH is 1. The Morgan fingerprint density at radius 2 is 0.427 bits per heavy atom. The summed E-state index contributed by atoms with van der Waals surface area (Å²) in [5, 5.41) is 10.4. The SMILES string of the molecule is CCCCCCCCCCCCCCCCCCCCCC(=O)OC(C(=O)CCCCCCCCCCCCCCCCCCCCC)[C@H](CO)OC(=O)CCCCCCCCCCCCCCCCCCCCC. The third-order valence-electron chi connectivity index (χ3n) is 16.4. The van der Waals surface area contributed by atoms with Gasteiger partial charge in [0, 0.05) is 19.3 Å². The number of carbonyl (C=O) groups excluding carboxylic acids is 3. The molecule has 0 saturated carbocycles.